The quantitative estimate of drug-likeness (QED) is 0.784. The Kier molecular flexibility index (Phi) is 3.64. The van der Waals surface area contributed by atoms with Crippen molar-refractivity contribution in [3.63, 3.8) is 0 Å². The molecule has 1 unspecified atom stereocenters. The van der Waals surface area contributed by atoms with Gasteiger partial charge in [-0.3, -0.25) is 9.48 Å². The lowest BCUT2D eigenvalue weighted by molar-refractivity contribution is 0.0948. The van der Waals surface area contributed by atoms with Crippen LogP contribution < -0.4 is 5.32 Å². The zero-order valence-corrected chi connectivity index (χ0v) is 11.4. The maximum atomic E-state index is 12.0. The summed E-state index contributed by atoms with van der Waals surface area (Å²) >= 11 is 1.65. The Balaban J connectivity index is 1.73. The number of nitrogens with zero attached hydrogens (tertiary/aromatic N) is 2. The molecule has 0 saturated heterocycles. The van der Waals surface area contributed by atoms with E-state index in [2.05, 4.69) is 10.4 Å². The molecule has 1 amide bonds. The van der Waals surface area contributed by atoms with Crippen molar-refractivity contribution in [2.45, 2.75) is 6.04 Å². The number of carbonyl (C=O) groups is 1. The van der Waals surface area contributed by atoms with Crippen molar-refractivity contribution >= 4 is 17.2 Å². The van der Waals surface area contributed by atoms with Gasteiger partial charge in [0.1, 0.15) is 12.3 Å². The molecular weight excluding hydrogens is 274 g/mol. The van der Waals surface area contributed by atoms with E-state index in [9.17, 15) is 4.79 Å². The van der Waals surface area contributed by atoms with Gasteiger partial charge in [-0.25, -0.2) is 0 Å². The van der Waals surface area contributed by atoms with E-state index < -0.39 is 0 Å². The first-order valence-corrected chi connectivity index (χ1v) is 7.05. The van der Waals surface area contributed by atoms with Gasteiger partial charge in [-0.05, 0) is 23.6 Å². The lowest BCUT2D eigenvalue weighted by atomic mass is 10.2. The summed E-state index contributed by atoms with van der Waals surface area (Å²) in [5.41, 5.74) is 0.524. The van der Waals surface area contributed by atoms with Crippen LogP contribution in [0.5, 0.6) is 0 Å². The second-order valence-corrected chi connectivity index (χ2v) is 5.22. The number of nitrogens with one attached hydrogen (secondary N) is 1. The predicted octanol–water partition coefficient (Wildman–Crippen LogP) is 2.56. The molecule has 6 heteroatoms. The zero-order valence-electron chi connectivity index (χ0n) is 10.6. The third-order valence-corrected chi connectivity index (χ3v) is 3.93. The molecule has 1 N–H and O–H groups in total. The van der Waals surface area contributed by atoms with Gasteiger partial charge in [-0.1, -0.05) is 6.07 Å². The molecule has 3 aromatic rings. The Morgan fingerprint density at radius 1 is 1.45 bits per heavy atom. The molecule has 0 aliphatic rings. The monoisotopic (exact) mass is 287 g/mol. The summed E-state index contributed by atoms with van der Waals surface area (Å²) < 4.78 is 6.76. The van der Waals surface area contributed by atoms with Crippen LogP contribution in [0, 0.1) is 0 Å². The molecule has 0 aliphatic carbocycles. The molecule has 0 spiro atoms. The largest absolute Gasteiger partial charge is 0.472 e. The molecular formula is C14H13N3O2S. The van der Waals surface area contributed by atoms with E-state index in [0.29, 0.717) is 12.1 Å². The lowest BCUT2D eigenvalue weighted by Crippen LogP contribution is -2.31. The van der Waals surface area contributed by atoms with E-state index in [1.165, 1.54) is 12.5 Å². The standard InChI is InChI=1S/C14H13N3O2S/c18-14(11-4-7-19-10-11)15-9-12(13-3-1-8-20-13)17-6-2-5-16-17/h1-8,10,12H,9H2,(H,15,18). The Morgan fingerprint density at radius 3 is 3.05 bits per heavy atom. The fourth-order valence-corrected chi connectivity index (χ4v) is 2.78. The number of hydrogen-bond donors (Lipinski definition) is 1. The number of amides is 1. The van der Waals surface area contributed by atoms with Crippen LogP contribution in [-0.4, -0.2) is 22.2 Å². The first kappa shape index (κ1) is 12.7. The number of carbonyl (C=O) groups excluding carboxylic acids is 1. The van der Waals surface area contributed by atoms with Gasteiger partial charge in [-0.15, -0.1) is 11.3 Å². The summed E-state index contributed by atoms with van der Waals surface area (Å²) in [6.07, 6.45) is 6.55. The Hall–Kier alpha value is -2.34. The fraction of sp³-hybridized carbons (Fsp3) is 0.143. The van der Waals surface area contributed by atoms with E-state index >= 15 is 0 Å². The van der Waals surface area contributed by atoms with Crippen molar-refractivity contribution in [2.24, 2.45) is 0 Å². The van der Waals surface area contributed by atoms with E-state index in [0.717, 1.165) is 4.88 Å². The van der Waals surface area contributed by atoms with E-state index in [1.807, 2.05) is 34.5 Å². The van der Waals surface area contributed by atoms with Crippen LogP contribution in [0.15, 0.2) is 59.0 Å². The third-order valence-electron chi connectivity index (χ3n) is 2.96. The molecule has 0 radical (unpaired) electrons. The minimum atomic E-state index is -0.146. The van der Waals surface area contributed by atoms with Crippen molar-refractivity contribution in [3.05, 3.63) is 65.0 Å². The SMILES string of the molecule is O=C(NCC(c1cccs1)n1cccn1)c1ccoc1. The molecule has 0 fully saturated rings. The van der Waals surface area contributed by atoms with E-state index in [1.54, 1.807) is 23.6 Å². The number of rotatable bonds is 5. The van der Waals surface area contributed by atoms with Crippen LogP contribution in [0.25, 0.3) is 0 Å². The molecule has 3 rings (SSSR count). The van der Waals surface area contributed by atoms with Crippen LogP contribution in [-0.2, 0) is 0 Å². The highest BCUT2D eigenvalue weighted by Gasteiger charge is 2.17. The molecule has 102 valence electrons. The summed E-state index contributed by atoms with van der Waals surface area (Å²) in [5.74, 6) is -0.146. The molecule has 0 saturated carbocycles. The Morgan fingerprint density at radius 2 is 2.40 bits per heavy atom. The number of aromatic nitrogens is 2. The van der Waals surface area contributed by atoms with Gasteiger partial charge < -0.3 is 9.73 Å². The van der Waals surface area contributed by atoms with E-state index in [4.69, 9.17) is 4.42 Å². The normalized spacial score (nSPS) is 12.2. The number of hydrogen-bond acceptors (Lipinski definition) is 4. The first-order valence-electron chi connectivity index (χ1n) is 6.17. The summed E-state index contributed by atoms with van der Waals surface area (Å²) in [4.78, 5) is 13.1. The molecule has 0 aromatic carbocycles. The van der Waals surface area contributed by atoms with Crippen LogP contribution >= 0.6 is 11.3 Å². The predicted molar refractivity (Wildman–Crippen MR) is 75.7 cm³/mol. The molecule has 20 heavy (non-hydrogen) atoms. The molecule has 0 aliphatic heterocycles. The van der Waals surface area contributed by atoms with Gasteiger partial charge >= 0.3 is 0 Å². The molecule has 5 nitrogen and oxygen atoms in total. The highest BCUT2D eigenvalue weighted by Crippen LogP contribution is 2.21. The number of furan rings is 1. The average molecular weight is 287 g/mol. The minimum Gasteiger partial charge on any atom is -0.472 e. The molecule has 3 aromatic heterocycles. The summed E-state index contributed by atoms with van der Waals surface area (Å²) in [5, 5.41) is 9.19. The lowest BCUT2D eigenvalue weighted by Gasteiger charge is -2.16. The van der Waals surface area contributed by atoms with Crippen LogP contribution in [0.3, 0.4) is 0 Å². The highest BCUT2D eigenvalue weighted by molar-refractivity contribution is 7.10. The molecule has 1 atom stereocenters. The Bertz CT molecular complexity index is 610. The van der Waals surface area contributed by atoms with Crippen LogP contribution in [0.1, 0.15) is 21.3 Å². The van der Waals surface area contributed by atoms with Crippen molar-refractivity contribution in [3.8, 4) is 0 Å². The average Bonchev–Trinajstić information content (AvgIpc) is 3.22. The third kappa shape index (κ3) is 2.65. The smallest absolute Gasteiger partial charge is 0.254 e. The Labute approximate surface area is 119 Å². The summed E-state index contributed by atoms with van der Waals surface area (Å²) in [6.45, 7) is 0.478. The topological polar surface area (TPSA) is 60.1 Å². The van der Waals surface area contributed by atoms with Gasteiger partial charge in [-0.2, -0.15) is 5.10 Å². The maximum Gasteiger partial charge on any atom is 0.254 e. The summed E-state index contributed by atoms with van der Waals surface area (Å²) in [6, 6.07) is 7.55. The van der Waals surface area contributed by atoms with Crippen LogP contribution in [0.4, 0.5) is 0 Å². The van der Waals surface area contributed by atoms with Gasteiger partial charge in [0.15, 0.2) is 0 Å². The van der Waals surface area contributed by atoms with E-state index in [-0.39, 0.29) is 11.9 Å². The van der Waals surface area contributed by atoms with Gasteiger partial charge in [0.2, 0.25) is 0 Å². The number of thiophene rings is 1. The second-order valence-electron chi connectivity index (χ2n) is 4.24. The zero-order chi connectivity index (χ0) is 13.8. The van der Waals surface area contributed by atoms with Gasteiger partial charge in [0.05, 0.1) is 11.8 Å². The van der Waals surface area contributed by atoms with Crippen molar-refractivity contribution in [2.75, 3.05) is 6.54 Å². The van der Waals surface area contributed by atoms with Crippen molar-refractivity contribution in [1.29, 1.82) is 0 Å². The van der Waals surface area contributed by atoms with Gasteiger partial charge in [0, 0.05) is 23.8 Å². The maximum absolute atomic E-state index is 12.0. The van der Waals surface area contributed by atoms with Crippen molar-refractivity contribution < 1.29 is 9.21 Å². The van der Waals surface area contributed by atoms with Gasteiger partial charge in [0.25, 0.3) is 5.91 Å². The molecule has 0 bridgehead atoms. The fourth-order valence-electron chi connectivity index (χ4n) is 1.96. The molecule has 3 heterocycles. The summed E-state index contributed by atoms with van der Waals surface area (Å²) in [7, 11) is 0. The van der Waals surface area contributed by atoms with Crippen LogP contribution in [0.2, 0.25) is 0 Å². The minimum absolute atomic E-state index is 0.000788. The first-order chi connectivity index (χ1) is 9.84. The van der Waals surface area contributed by atoms with Crippen molar-refractivity contribution in [1.82, 2.24) is 15.1 Å². The highest BCUT2D eigenvalue weighted by atomic mass is 32.1. The second kappa shape index (κ2) is 5.75.